The highest BCUT2D eigenvalue weighted by Crippen LogP contribution is 2.50. The van der Waals surface area contributed by atoms with Crippen LogP contribution in [0.2, 0.25) is 0 Å². The number of rotatable bonds is 8. The van der Waals surface area contributed by atoms with Crippen LogP contribution in [0.25, 0.3) is 10.8 Å². The van der Waals surface area contributed by atoms with E-state index in [1.807, 2.05) is 25.1 Å². The van der Waals surface area contributed by atoms with E-state index in [-0.39, 0.29) is 67.7 Å². The Morgan fingerprint density at radius 2 is 1.59 bits per heavy atom. The first-order valence-corrected chi connectivity index (χ1v) is 27.0. The van der Waals surface area contributed by atoms with Crippen LogP contribution >= 0.6 is 0 Å². The maximum absolute atomic E-state index is 14.9. The second-order valence-corrected chi connectivity index (χ2v) is 22.6. The molecule has 404 valence electrons. The zero-order valence-corrected chi connectivity index (χ0v) is 45.1. The van der Waals surface area contributed by atoms with E-state index in [0.717, 1.165) is 32.2 Å². The Morgan fingerprint density at radius 3 is 2.27 bits per heavy atom. The first-order chi connectivity index (χ1) is 35.6. The third-order valence-corrected chi connectivity index (χ3v) is 16.4. The lowest BCUT2D eigenvalue weighted by Gasteiger charge is -2.37. The van der Waals surface area contributed by atoms with E-state index in [9.17, 15) is 39.6 Å². The monoisotopic (exact) mass is 1030 g/mol. The zero-order chi connectivity index (χ0) is 54.1. The fraction of sp³-hybridized carbons (Fsp3) is 0.559. The van der Waals surface area contributed by atoms with Crippen molar-refractivity contribution in [3.63, 3.8) is 0 Å². The molecule has 6 aliphatic heterocycles. The van der Waals surface area contributed by atoms with Gasteiger partial charge in [0.1, 0.15) is 35.1 Å². The standard InChI is InChI=1S/C59H77N5O11/c1-33(2)32-63-28-24-59(25-29-63)61-47-44-45-52(69)39(8)55-46(44)56(71)58(9,75-55)73-30-14-17-35(4)54(74-43(66)31-42(65)64-26-22-41(23-27-64)21-20-40-18-11-10-12-19-40)38(7)51(68)37(6)50(67)34(3)15-13-16-36(5)57(72)60-49(53(45)70)48(47)62-59/h10-16,18-19,30,33-35,37-38,41,50-51,54,67-70H,17,20-29,31-32H2,1-9H3,(H,60,72)/b15-13+,30-14+,36-16-/t34?,35-,37-,38-,50+,51?,54?,58?/m1/s1. The van der Waals surface area contributed by atoms with Crippen molar-refractivity contribution in [1.82, 2.24) is 9.80 Å². The molecule has 0 aromatic heterocycles. The Labute approximate surface area is 440 Å². The molecule has 16 heteroatoms. The number of ketones is 1. The topological polar surface area (TPSA) is 220 Å². The molecular formula is C59H77N5O11. The van der Waals surface area contributed by atoms with Crippen LogP contribution in [0.4, 0.5) is 5.69 Å². The summed E-state index contributed by atoms with van der Waals surface area (Å²) in [4.78, 5) is 70.7. The van der Waals surface area contributed by atoms with Crippen molar-refractivity contribution >= 4 is 40.0 Å². The van der Waals surface area contributed by atoms with E-state index in [4.69, 9.17) is 24.2 Å². The van der Waals surface area contributed by atoms with Gasteiger partial charge in [0.05, 0.1) is 34.8 Å². The van der Waals surface area contributed by atoms with Gasteiger partial charge in [0, 0.05) is 86.8 Å². The number of aliphatic hydroxyl groups is 2. The maximum atomic E-state index is 14.9. The Bertz CT molecular complexity index is 2880. The predicted molar refractivity (Wildman–Crippen MR) is 285 cm³/mol. The number of esters is 1. The molecule has 6 aliphatic rings. The number of aryl methyl sites for hydroxylation is 1. The second-order valence-electron chi connectivity index (χ2n) is 22.6. The summed E-state index contributed by atoms with van der Waals surface area (Å²) in [5.74, 6) is -6.47. The van der Waals surface area contributed by atoms with Gasteiger partial charge in [0.25, 0.3) is 11.7 Å². The molecule has 16 nitrogen and oxygen atoms in total. The van der Waals surface area contributed by atoms with Gasteiger partial charge in [0.15, 0.2) is 11.4 Å². The van der Waals surface area contributed by atoms with Crippen molar-refractivity contribution in [2.75, 3.05) is 38.0 Å². The molecular weight excluding hydrogens is 955 g/mol. The van der Waals surface area contributed by atoms with Crippen LogP contribution in [0.1, 0.15) is 122 Å². The van der Waals surface area contributed by atoms with Gasteiger partial charge in [-0.15, -0.1) is 0 Å². The zero-order valence-electron chi connectivity index (χ0n) is 45.1. The van der Waals surface area contributed by atoms with E-state index in [1.54, 1.807) is 63.8 Å². The number of nitrogens with one attached hydrogen (secondary N) is 1. The summed E-state index contributed by atoms with van der Waals surface area (Å²) in [6.07, 6.45) is 9.29. The van der Waals surface area contributed by atoms with E-state index >= 15 is 0 Å². The number of nitrogens with zero attached hydrogens (tertiary/aromatic N) is 4. The van der Waals surface area contributed by atoms with E-state index in [1.165, 1.54) is 18.7 Å². The van der Waals surface area contributed by atoms with Gasteiger partial charge >= 0.3 is 11.8 Å². The number of benzene rings is 3. The number of fused-ring (bicyclic) bond motifs is 13. The lowest BCUT2D eigenvalue weighted by Crippen LogP contribution is -2.45. The SMILES string of the molecule is C/C1=C/C=C/C(C)[C@H](O)[C@@H](C)C(O)[C@@H](C)C(OC(=O)CC(=O)N2CCC(CCc3ccccc3)CC2)[C@H](C)C/C=C/OC2(C)Oc3c(C)c(O)c4c(O)c(c5c(c4c3C2=O)=NC2(CCN(CC(C)C)CC2)N=5)NC1=O. The van der Waals surface area contributed by atoms with Gasteiger partial charge in [-0.25, -0.2) is 0 Å². The van der Waals surface area contributed by atoms with Gasteiger partial charge < -0.3 is 49.8 Å². The number of aromatic hydroxyl groups is 2. The van der Waals surface area contributed by atoms with Crippen molar-refractivity contribution in [2.24, 2.45) is 45.5 Å². The van der Waals surface area contributed by atoms with Crippen LogP contribution in [0, 0.1) is 42.4 Å². The van der Waals surface area contributed by atoms with Crippen LogP contribution in [-0.2, 0) is 30.3 Å². The average Bonchev–Trinajstić information content (AvgIpc) is 3.89. The Morgan fingerprint density at radius 1 is 0.907 bits per heavy atom. The molecule has 2 saturated heterocycles. The highest BCUT2D eigenvalue weighted by molar-refractivity contribution is 6.19. The normalized spacial score (nSPS) is 29.2. The Balaban J connectivity index is 1.09. The Hall–Kier alpha value is -6.10. The number of phenolic OH excluding ortho intramolecular Hbond substituents is 2. The van der Waals surface area contributed by atoms with Gasteiger partial charge in [-0.1, -0.05) is 90.1 Å². The molecule has 0 saturated carbocycles. The highest BCUT2D eigenvalue weighted by atomic mass is 16.7. The summed E-state index contributed by atoms with van der Waals surface area (Å²) in [5.41, 5.74) is 0.702. The minimum absolute atomic E-state index is 0.0418. The quantitative estimate of drug-likeness (QED) is 0.0849. The number of aliphatic hydroxyl groups excluding tert-OH is 2. The summed E-state index contributed by atoms with van der Waals surface area (Å²) < 4.78 is 18.7. The summed E-state index contributed by atoms with van der Waals surface area (Å²) >= 11 is 0. The van der Waals surface area contributed by atoms with Crippen LogP contribution in [0.3, 0.4) is 0 Å². The van der Waals surface area contributed by atoms with Crippen LogP contribution in [0.5, 0.6) is 17.2 Å². The number of ether oxygens (including phenoxy) is 3. The predicted octanol–water partition coefficient (Wildman–Crippen LogP) is 7.37. The molecule has 6 heterocycles. The summed E-state index contributed by atoms with van der Waals surface area (Å²) in [6.45, 7) is 19.5. The Kier molecular flexibility index (Phi) is 16.6. The van der Waals surface area contributed by atoms with Crippen molar-refractivity contribution < 1.29 is 53.8 Å². The van der Waals surface area contributed by atoms with Crippen molar-refractivity contribution in [2.45, 2.75) is 143 Å². The molecule has 3 aromatic carbocycles. The van der Waals surface area contributed by atoms with Crippen LogP contribution in [-0.4, -0.2) is 116 Å². The largest absolute Gasteiger partial charge is 0.507 e. The molecule has 4 unspecified atom stereocenters. The van der Waals surface area contributed by atoms with E-state index < -0.39 is 83.3 Å². The number of amides is 2. The molecule has 3 aromatic rings. The third-order valence-electron chi connectivity index (χ3n) is 16.4. The van der Waals surface area contributed by atoms with Crippen molar-refractivity contribution in [3.05, 3.63) is 93.9 Å². The second kappa shape index (κ2) is 22.6. The van der Waals surface area contributed by atoms with Gasteiger partial charge in [0.2, 0.25) is 5.91 Å². The van der Waals surface area contributed by atoms with Crippen LogP contribution < -0.4 is 20.8 Å². The molecule has 5 bridgehead atoms. The number of likely N-dealkylation sites (tertiary alicyclic amines) is 2. The number of anilines is 1. The maximum Gasteiger partial charge on any atom is 0.315 e. The molecule has 2 amide bonds. The molecule has 8 atom stereocenters. The smallest absolute Gasteiger partial charge is 0.315 e. The van der Waals surface area contributed by atoms with Gasteiger partial charge in [-0.3, -0.25) is 29.2 Å². The lowest BCUT2D eigenvalue weighted by atomic mass is 9.79. The number of phenols is 2. The van der Waals surface area contributed by atoms with Gasteiger partial charge in [-0.2, -0.15) is 0 Å². The first kappa shape index (κ1) is 55.1. The minimum atomic E-state index is -1.95. The summed E-state index contributed by atoms with van der Waals surface area (Å²) in [5, 5.41) is 51.0. The minimum Gasteiger partial charge on any atom is -0.507 e. The van der Waals surface area contributed by atoms with E-state index in [2.05, 4.69) is 36.2 Å². The number of piperidine rings is 2. The fourth-order valence-corrected chi connectivity index (χ4v) is 11.7. The number of hydrogen-bond donors (Lipinski definition) is 5. The number of carbonyl (C=O) groups excluding carboxylic acids is 4. The number of allylic oxidation sites excluding steroid dienone is 3. The van der Waals surface area contributed by atoms with Gasteiger partial charge in [-0.05, 0) is 75.3 Å². The number of Topliss-reactive ketones (excluding diaryl/α,β-unsaturated/α-hetero) is 1. The molecule has 0 radical (unpaired) electrons. The van der Waals surface area contributed by atoms with Crippen LogP contribution in [0.15, 0.2) is 76.5 Å². The lowest BCUT2D eigenvalue weighted by molar-refractivity contribution is -0.162. The van der Waals surface area contributed by atoms with E-state index in [0.29, 0.717) is 50.9 Å². The molecule has 0 aliphatic carbocycles. The molecule has 75 heavy (non-hydrogen) atoms. The summed E-state index contributed by atoms with van der Waals surface area (Å²) in [7, 11) is 0. The third kappa shape index (κ3) is 11.5. The highest BCUT2D eigenvalue weighted by Gasteiger charge is 2.50. The summed E-state index contributed by atoms with van der Waals surface area (Å²) in [6, 6.07) is 10.3. The number of hydrogen-bond acceptors (Lipinski definition) is 14. The molecule has 1 spiro atoms. The number of carbonyl (C=O) groups is 4. The van der Waals surface area contributed by atoms with Crippen molar-refractivity contribution in [3.8, 4) is 17.2 Å². The first-order valence-electron chi connectivity index (χ1n) is 27.0. The fourth-order valence-electron chi connectivity index (χ4n) is 11.7. The molecule has 5 N–H and O–H groups in total. The molecule has 9 rings (SSSR count). The average molecular weight is 1030 g/mol. The van der Waals surface area contributed by atoms with Crippen molar-refractivity contribution in [1.29, 1.82) is 0 Å². The molecule has 2 fully saturated rings.